The van der Waals surface area contributed by atoms with Gasteiger partial charge in [-0.15, -0.1) is 0 Å². The molecule has 1 unspecified atom stereocenters. The molecule has 136 valence electrons. The van der Waals surface area contributed by atoms with Crippen LogP contribution >= 0.6 is 23.2 Å². The molecule has 0 saturated heterocycles. The Morgan fingerprint density at radius 2 is 1.71 bits per heavy atom. The van der Waals surface area contributed by atoms with Crippen molar-refractivity contribution in [3.8, 4) is 0 Å². The second kappa shape index (κ2) is 7.58. The number of ether oxygens (including phenoxy) is 1. The summed E-state index contributed by atoms with van der Waals surface area (Å²) in [7, 11) is -3.88. The van der Waals surface area contributed by atoms with Crippen molar-refractivity contribution in [2.24, 2.45) is 0 Å². The molecule has 1 aromatic rings. The number of halogens is 2. The third-order valence-electron chi connectivity index (χ3n) is 2.87. The van der Waals surface area contributed by atoms with Crippen LogP contribution in [0.1, 0.15) is 33.3 Å². The maximum atomic E-state index is 12.2. The lowest BCUT2D eigenvalue weighted by atomic mass is 10.1. The molecule has 0 bridgehead atoms. The average molecular weight is 398 g/mol. The van der Waals surface area contributed by atoms with E-state index in [9.17, 15) is 18.3 Å². The summed E-state index contributed by atoms with van der Waals surface area (Å²) in [6.45, 7) is 5.57. The highest BCUT2D eigenvalue weighted by atomic mass is 35.5. The maximum Gasteiger partial charge on any atom is 0.339 e. The van der Waals surface area contributed by atoms with Gasteiger partial charge in [0.25, 0.3) is 0 Å². The predicted molar refractivity (Wildman–Crippen MR) is 93.6 cm³/mol. The van der Waals surface area contributed by atoms with Gasteiger partial charge in [-0.2, -0.15) is 0 Å². The molecule has 0 aliphatic carbocycles. The molecule has 0 aromatic heterocycles. The first-order valence-corrected chi connectivity index (χ1v) is 9.50. The fourth-order valence-corrected chi connectivity index (χ4v) is 3.61. The van der Waals surface area contributed by atoms with Crippen LogP contribution in [-0.2, 0) is 25.3 Å². The minimum absolute atomic E-state index is 0.215. The zero-order chi connectivity index (χ0) is 18.8. The topological polar surface area (TPSA) is 92.7 Å². The summed E-state index contributed by atoms with van der Waals surface area (Å²) in [5.74, 6) is -1.40. The molecule has 1 atom stereocenters. The smallest absolute Gasteiger partial charge is 0.339 e. The van der Waals surface area contributed by atoms with Crippen LogP contribution in [-0.4, -0.2) is 37.2 Å². The largest absolute Gasteiger partial charge is 0.458 e. The fraction of sp³-hybridized carbons (Fsp3) is 0.533. The van der Waals surface area contributed by atoms with Gasteiger partial charge in [0.15, 0.2) is 5.60 Å². The first-order valence-electron chi connectivity index (χ1n) is 7.09. The number of rotatable bonds is 6. The van der Waals surface area contributed by atoms with Crippen molar-refractivity contribution in [3.05, 3.63) is 33.8 Å². The monoisotopic (exact) mass is 397 g/mol. The Hall–Kier alpha value is -0.860. The van der Waals surface area contributed by atoms with Crippen LogP contribution < -0.4 is 4.72 Å². The number of hydrogen-bond acceptors (Lipinski definition) is 5. The molecule has 0 aliphatic rings. The fourth-order valence-electron chi connectivity index (χ4n) is 1.62. The van der Waals surface area contributed by atoms with E-state index in [-0.39, 0.29) is 15.6 Å². The molecule has 6 nitrogen and oxygen atoms in total. The van der Waals surface area contributed by atoms with Crippen molar-refractivity contribution in [2.75, 3.05) is 6.54 Å². The van der Waals surface area contributed by atoms with Crippen LogP contribution in [0.3, 0.4) is 0 Å². The number of aliphatic hydroxyl groups is 1. The van der Waals surface area contributed by atoms with Crippen molar-refractivity contribution in [1.82, 2.24) is 4.72 Å². The van der Waals surface area contributed by atoms with Crippen molar-refractivity contribution in [1.29, 1.82) is 0 Å². The molecule has 0 heterocycles. The second-order valence-corrected chi connectivity index (χ2v) is 9.18. The molecule has 9 heteroatoms. The molecule has 24 heavy (non-hydrogen) atoms. The van der Waals surface area contributed by atoms with Gasteiger partial charge in [0, 0.05) is 22.2 Å². The number of hydrogen-bond donors (Lipinski definition) is 2. The molecule has 0 saturated carbocycles. The Labute approximate surface area is 152 Å². The van der Waals surface area contributed by atoms with E-state index in [4.69, 9.17) is 27.9 Å². The number of carbonyl (C=O) groups excluding carboxylic acids is 1. The summed E-state index contributed by atoms with van der Waals surface area (Å²) >= 11 is 11.9. The van der Waals surface area contributed by atoms with Crippen LogP contribution in [0.4, 0.5) is 0 Å². The first-order chi connectivity index (χ1) is 10.7. The molecule has 2 N–H and O–H groups in total. The molecule has 0 radical (unpaired) electrons. The van der Waals surface area contributed by atoms with E-state index in [1.165, 1.54) is 19.1 Å². The normalized spacial score (nSPS) is 15.0. The Kier molecular flexibility index (Phi) is 6.69. The van der Waals surface area contributed by atoms with Crippen LogP contribution in [0, 0.1) is 0 Å². The Morgan fingerprint density at radius 1 is 1.21 bits per heavy atom. The van der Waals surface area contributed by atoms with Gasteiger partial charge < -0.3 is 9.84 Å². The summed E-state index contributed by atoms with van der Waals surface area (Å²) < 4.78 is 31.6. The quantitative estimate of drug-likeness (QED) is 0.719. The average Bonchev–Trinajstić information content (AvgIpc) is 2.39. The first kappa shape index (κ1) is 21.2. The van der Waals surface area contributed by atoms with Gasteiger partial charge in [-0.1, -0.05) is 29.3 Å². The number of esters is 1. The van der Waals surface area contributed by atoms with Crippen molar-refractivity contribution >= 4 is 39.2 Å². The highest BCUT2D eigenvalue weighted by Gasteiger charge is 2.36. The van der Waals surface area contributed by atoms with Crippen LogP contribution in [0.5, 0.6) is 0 Å². The maximum absolute atomic E-state index is 12.2. The summed E-state index contributed by atoms with van der Waals surface area (Å²) in [5, 5.41) is 10.6. The molecule has 0 spiro atoms. The van der Waals surface area contributed by atoms with Crippen LogP contribution in [0.25, 0.3) is 0 Å². The third-order valence-corrected chi connectivity index (χ3v) is 4.83. The molecular weight excluding hydrogens is 377 g/mol. The number of carbonyl (C=O) groups is 1. The summed E-state index contributed by atoms with van der Waals surface area (Å²) in [4.78, 5) is 11.9. The van der Waals surface area contributed by atoms with Crippen molar-refractivity contribution < 1.29 is 23.1 Å². The minimum atomic E-state index is -3.88. The zero-order valence-corrected chi connectivity index (χ0v) is 16.2. The van der Waals surface area contributed by atoms with E-state index < -0.39 is 39.5 Å². The lowest BCUT2D eigenvalue weighted by Crippen LogP contribution is -2.49. The molecule has 0 fully saturated rings. The van der Waals surface area contributed by atoms with Gasteiger partial charge in [-0.05, 0) is 39.8 Å². The van der Waals surface area contributed by atoms with Gasteiger partial charge in [-0.3, -0.25) is 0 Å². The number of sulfonamides is 1. The highest BCUT2D eigenvalue weighted by Crippen LogP contribution is 2.26. The summed E-state index contributed by atoms with van der Waals surface area (Å²) in [6.07, 6.45) is 0. The van der Waals surface area contributed by atoms with Gasteiger partial charge in [0.2, 0.25) is 10.0 Å². The lowest BCUT2D eigenvalue weighted by Gasteiger charge is -2.27. The molecular formula is C15H21Cl2NO5S. The van der Waals surface area contributed by atoms with Gasteiger partial charge in [0.05, 0.1) is 5.75 Å². The highest BCUT2D eigenvalue weighted by molar-refractivity contribution is 7.88. The Bertz CT molecular complexity index is 691. The molecule has 1 rings (SSSR count). The molecule has 1 aromatic carbocycles. The van der Waals surface area contributed by atoms with Crippen molar-refractivity contribution in [3.63, 3.8) is 0 Å². The van der Waals surface area contributed by atoms with Gasteiger partial charge >= 0.3 is 5.97 Å². The van der Waals surface area contributed by atoms with E-state index in [1.54, 1.807) is 26.8 Å². The minimum Gasteiger partial charge on any atom is -0.458 e. The van der Waals surface area contributed by atoms with Crippen LogP contribution in [0.15, 0.2) is 18.2 Å². The van der Waals surface area contributed by atoms with E-state index in [2.05, 4.69) is 4.72 Å². The van der Waals surface area contributed by atoms with Crippen molar-refractivity contribution in [2.45, 2.75) is 44.6 Å². The summed E-state index contributed by atoms with van der Waals surface area (Å²) in [5.41, 5.74) is -2.57. The standard InChI is InChI=1S/C15H21Cl2NO5S/c1-14(2,3)23-13(19)15(4,20)9-18-24(21,22)8-10-11(16)6-5-7-12(10)17/h5-7,18,20H,8-9H2,1-4H3. The number of nitrogens with one attached hydrogen (secondary N) is 1. The van der Waals surface area contributed by atoms with E-state index in [0.717, 1.165) is 0 Å². The SMILES string of the molecule is CC(C)(C)OC(=O)C(C)(O)CNS(=O)(=O)Cc1c(Cl)cccc1Cl. The second-order valence-electron chi connectivity index (χ2n) is 6.56. The Morgan fingerprint density at radius 3 is 2.17 bits per heavy atom. The van der Waals surface area contributed by atoms with E-state index >= 15 is 0 Å². The van der Waals surface area contributed by atoms with Crippen LogP contribution in [0.2, 0.25) is 10.0 Å². The predicted octanol–water partition coefficient (Wildman–Crippen LogP) is 2.51. The van der Waals surface area contributed by atoms with E-state index in [0.29, 0.717) is 0 Å². The van der Waals surface area contributed by atoms with Gasteiger partial charge in [-0.25, -0.2) is 17.9 Å². The van der Waals surface area contributed by atoms with Gasteiger partial charge in [0.1, 0.15) is 5.60 Å². The molecule has 0 aliphatic heterocycles. The lowest BCUT2D eigenvalue weighted by molar-refractivity contribution is -0.174. The summed E-state index contributed by atoms with van der Waals surface area (Å²) in [6, 6.07) is 4.64. The molecule has 0 amide bonds. The zero-order valence-electron chi connectivity index (χ0n) is 13.9. The number of benzene rings is 1. The Balaban J connectivity index is 2.79. The van der Waals surface area contributed by atoms with E-state index in [1.807, 2.05) is 0 Å². The third kappa shape index (κ3) is 6.57.